The zero-order chi connectivity index (χ0) is 19.5. The minimum atomic E-state index is -0.317. The Hall–Kier alpha value is -2.88. The highest BCUT2D eigenvalue weighted by Gasteiger charge is 2.22. The molecule has 28 heavy (non-hydrogen) atoms. The van der Waals surface area contributed by atoms with Crippen molar-refractivity contribution < 1.29 is 9.53 Å². The normalized spacial score (nSPS) is 14.4. The van der Waals surface area contributed by atoms with Crippen LogP contribution in [0.15, 0.2) is 48.5 Å². The van der Waals surface area contributed by atoms with Gasteiger partial charge in [0.1, 0.15) is 0 Å². The highest BCUT2D eigenvalue weighted by Crippen LogP contribution is 2.35. The maximum Gasteiger partial charge on any atom is 0.340 e. The van der Waals surface area contributed by atoms with Gasteiger partial charge in [0.25, 0.3) is 0 Å². The van der Waals surface area contributed by atoms with Gasteiger partial charge >= 0.3 is 5.97 Å². The van der Waals surface area contributed by atoms with Crippen LogP contribution in [0.1, 0.15) is 48.7 Å². The third kappa shape index (κ3) is 3.59. The third-order valence-corrected chi connectivity index (χ3v) is 5.43. The van der Waals surface area contributed by atoms with Crippen molar-refractivity contribution in [2.75, 3.05) is 11.9 Å². The Balaban J connectivity index is 1.91. The molecule has 0 saturated heterocycles. The van der Waals surface area contributed by atoms with Gasteiger partial charge in [0.05, 0.1) is 23.4 Å². The van der Waals surface area contributed by atoms with Gasteiger partial charge in [0.15, 0.2) is 0 Å². The highest BCUT2D eigenvalue weighted by atomic mass is 16.5. The second-order valence-corrected chi connectivity index (χ2v) is 7.39. The number of benzene rings is 2. The van der Waals surface area contributed by atoms with Crippen molar-refractivity contribution in [2.24, 2.45) is 0 Å². The van der Waals surface area contributed by atoms with Crippen molar-refractivity contribution in [3.63, 3.8) is 0 Å². The van der Waals surface area contributed by atoms with Crippen LogP contribution in [-0.4, -0.2) is 23.6 Å². The predicted molar refractivity (Wildman–Crippen MR) is 114 cm³/mol. The first-order chi connectivity index (χ1) is 13.7. The van der Waals surface area contributed by atoms with Crippen LogP contribution >= 0.6 is 0 Å². The van der Waals surface area contributed by atoms with Crippen LogP contribution in [0.3, 0.4) is 0 Å². The van der Waals surface area contributed by atoms with E-state index in [0.717, 1.165) is 27.7 Å². The van der Waals surface area contributed by atoms with E-state index in [2.05, 4.69) is 17.4 Å². The summed E-state index contributed by atoms with van der Waals surface area (Å²) in [6.45, 7) is 4.05. The van der Waals surface area contributed by atoms with Crippen LogP contribution in [0.5, 0.6) is 0 Å². The molecular weight excluding hydrogens is 348 g/mol. The zero-order valence-electron chi connectivity index (χ0n) is 16.5. The number of fused-ring (bicyclic) bond motifs is 1. The summed E-state index contributed by atoms with van der Waals surface area (Å²) >= 11 is 0. The Kier molecular flexibility index (Phi) is 5.29. The van der Waals surface area contributed by atoms with Crippen molar-refractivity contribution >= 4 is 22.6 Å². The number of nitrogens with one attached hydrogen (secondary N) is 1. The molecule has 0 unspecified atom stereocenters. The lowest BCUT2D eigenvalue weighted by molar-refractivity contribution is 0.0526. The number of aromatic nitrogens is 1. The fraction of sp³-hybridized carbons (Fsp3) is 0.333. The summed E-state index contributed by atoms with van der Waals surface area (Å²) in [5.74, 6) is -0.317. The quantitative estimate of drug-likeness (QED) is 0.579. The lowest BCUT2D eigenvalue weighted by Crippen LogP contribution is -2.14. The molecule has 1 aliphatic rings. The zero-order valence-corrected chi connectivity index (χ0v) is 16.5. The average molecular weight is 374 g/mol. The number of hydrogen-bond acceptors (Lipinski definition) is 4. The number of pyridine rings is 1. The summed E-state index contributed by atoms with van der Waals surface area (Å²) in [7, 11) is 0. The van der Waals surface area contributed by atoms with Crippen molar-refractivity contribution in [1.29, 1.82) is 0 Å². The summed E-state index contributed by atoms with van der Waals surface area (Å²) in [5.41, 5.74) is 5.12. The Morgan fingerprint density at radius 3 is 2.61 bits per heavy atom. The van der Waals surface area contributed by atoms with Crippen LogP contribution < -0.4 is 5.32 Å². The van der Waals surface area contributed by atoms with Crippen LogP contribution in [0.25, 0.3) is 22.0 Å². The predicted octanol–water partition coefficient (Wildman–Crippen LogP) is 5.74. The molecule has 1 saturated carbocycles. The number of rotatable bonds is 5. The van der Waals surface area contributed by atoms with Gasteiger partial charge < -0.3 is 10.1 Å². The fourth-order valence-electron chi connectivity index (χ4n) is 4.14. The number of carbonyl (C=O) groups excluding carboxylic acids is 1. The molecule has 1 aliphatic carbocycles. The number of hydrogen-bond donors (Lipinski definition) is 1. The molecule has 4 heteroatoms. The summed E-state index contributed by atoms with van der Waals surface area (Å²) < 4.78 is 5.36. The second kappa shape index (κ2) is 8.01. The first kappa shape index (κ1) is 18.5. The van der Waals surface area contributed by atoms with E-state index in [0.29, 0.717) is 23.9 Å². The molecule has 144 valence electrons. The van der Waals surface area contributed by atoms with E-state index in [1.165, 1.54) is 25.7 Å². The largest absolute Gasteiger partial charge is 0.462 e. The monoisotopic (exact) mass is 374 g/mol. The maximum atomic E-state index is 12.8. The van der Waals surface area contributed by atoms with Crippen LogP contribution in [0.4, 0.5) is 5.69 Å². The van der Waals surface area contributed by atoms with Crippen LogP contribution in [0.2, 0.25) is 0 Å². The molecule has 0 amide bonds. The number of nitrogens with zero attached hydrogens (tertiary/aromatic N) is 1. The van der Waals surface area contributed by atoms with Crippen molar-refractivity contribution in [2.45, 2.75) is 45.6 Å². The van der Waals surface area contributed by atoms with Crippen molar-refractivity contribution in [3.05, 3.63) is 59.8 Å². The highest BCUT2D eigenvalue weighted by molar-refractivity contribution is 6.08. The molecule has 0 aliphatic heterocycles. The van der Waals surface area contributed by atoms with Gasteiger partial charge in [-0.15, -0.1) is 0 Å². The maximum absolute atomic E-state index is 12.8. The van der Waals surface area contributed by atoms with E-state index >= 15 is 0 Å². The lowest BCUT2D eigenvalue weighted by Gasteiger charge is -2.18. The molecule has 3 aromatic rings. The number of aryl methyl sites for hydroxylation is 1. The van der Waals surface area contributed by atoms with Crippen LogP contribution in [0, 0.1) is 6.92 Å². The molecule has 0 radical (unpaired) electrons. The van der Waals surface area contributed by atoms with Gasteiger partial charge in [-0.05, 0) is 50.5 Å². The van der Waals surface area contributed by atoms with E-state index in [9.17, 15) is 4.79 Å². The van der Waals surface area contributed by atoms with Gasteiger partial charge in [-0.2, -0.15) is 0 Å². The smallest absolute Gasteiger partial charge is 0.340 e. The summed E-state index contributed by atoms with van der Waals surface area (Å²) in [6, 6.07) is 16.8. The fourth-order valence-corrected chi connectivity index (χ4v) is 4.14. The van der Waals surface area contributed by atoms with Gasteiger partial charge in [-0.25, -0.2) is 4.79 Å². The minimum Gasteiger partial charge on any atom is -0.462 e. The topological polar surface area (TPSA) is 51.2 Å². The SMILES string of the molecule is CCOC(=O)c1c(C)nc2ccc(NC3CCCC3)cc2c1-c1ccccc1. The summed E-state index contributed by atoms with van der Waals surface area (Å²) in [6.07, 6.45) is 5.00. The molecule has 0 spiro atoms. The summed E-state index contributed by atoms with van der Waals surface area (Å²) in [5, 5.41) is 4.63. The Morgan fingerprint density at radius 1 is 1.14 bits per heavy atom. The Morgan fingerprint density at radius 2 is 1.89 bits per heavy atom. The molecule has 1 fully saturated rings. The second-order valence-electron chi connectivity index (χ2n) is 7.39. The molecule has 0 atom stereocenters. The lowest BCUT2D eigenvalue weighted by atomic mass is 9.94. The van der Waals surface area contributed by atoms with E-state index < -0.39 is 0 Å². The molecule has 1 aromatic heterocycles. The van der Waals surface area contributed by atoms with Gasteiger partial charge in [0.2, 0.25) is 0 Å². The average Bonchev–Trinajstić information content (AvgIpc) is 3.21. The third-order valence-electron chi connectivity index (χ3n) is 5.43. The Bertz CT molecular complexity index is 992. The number of esters is 1. The minimum absolute atomic E-state index is 0.317. The molecule has 1 N–H and O–H groups in total. The van der Waals surface area contributed by atoms with Crippen LogP contribution in [-0.2, 0) is 4.74 Å². The Labute approximate surface area is 165 Å². The van der Waals surface area contributed by atoms with Gasteiger partial charge in [-0.1, -0.05) is 43.2 Å². The van der Waals surface area contributed by atoms with Crippen molar-refractivity contribution in [1.82, 2.24) is 4.98 Å². The summed E-state index contributed by atoms with van der Waals surface area (Å²) in [4.78, 5) is 17.5. The van der Waals surface area contributed by atoms with E-state index in [1.54, 1.807) is 0 Å². The first-order valence-electron chi connectivity index (χ1n) is 10.1. The first-order valence-corrected chi connectivity index (χ1v) is 10.1. The van der Waals surface area contributed by atoms with Gasteiger partial charge in [0, 0.05) is 22.7 Å². The number of ether oxygens (including phenoxy) is 1. The van der Waals surface area contributed by atoms with E-state index in [4.69, 9.17) is 9.72 Å². The van der Waals surface area contributed by atoms with E-state index in [-0.39, 0.29) is 5.97 Å². The van der Waals surface area contributed by atoms with Gasteiger partial charge in [-0.3, -0.25) is 4.98 Å². The number of carbonyl (C=O) groups is 1. The molecule has 4 nitrogen and oxygen atoms in total. The van der Waals surface area contributed by atoms with E-state index in [1.807, 2.05) is 50.2 Å². The standard InChI is InChI=1S/C24H26N2O2/c1-3-28-24(27)22-16(2)25-21-14-13-19(26-18-11-7-8-12-18)15-20(21)23(22)17-9-5-4-6-10-17/h4-6,9-10,13-15,18,26H,3,7-8,11-12H2,1-2H3. The number of anilines is 1. The molecule has 4 rings (SSSR count). The molecule has 0 bridgehead atoms. The van der Waals surface area contributed by atoms with Crippen molar-refractivity contribution in [3.8, 4) is 11.1 Å². The molecule has 1 heterocycles. The molecule has 2 aromatic carbocycles. The molecular formula is C24H26N2O2.